The number of aliphatic hydroxyl groups excluding tert-OH is 2. The second-order valence-electron chi connectivity index (χ2n) is 18.2. The smallest absolute Gasteiger partial charge is 0.0459 e. The van der Waals surface area contributed by atoms with Crippen LogP contribution < -0.4 is 0 Å². The normalized spacial score (nSPS) is 28.4. The summed E-state index contributed by atoms with van der Waals surface area (Å²) in [6.45, 7) is 0.714. The molecule has 3 fully saturated rings. The van der Waals surface area contributed by atoms with Crippen molar-refractivity contribution >= 4 is 0 Å². The molecule has 0 aliphatic heterocycles. The molecule has 5 aliphatic rings. The Morgan fingerprint density at radius 2 is 0.538 bits per heavy atom. The number of rotatable bonds is 10. The van der Waals surface area contributed by atoms with Crippen LogP contribution in [0.2, 0.25) is 0 Å². The second-order valence-corrected chi connectivity index (χ2v) is 18.2. The molecular formula is C50H60O2. The van der Waals surface area contributed by atoms with Crippen LogP contribution in [0.25, 0.3) is 22.3 Å². The topological polar surface area (TPSA) is 40.5 Å². The average molecular weight is 693 g/mol. The lowest BCUT2D eigenvalue weighted by molar-refractivity contribution is 0.139. The molecule has 5 aliphatic carbocycles. The molecule has 0 aromatic heterocycles. The van der Waals surface area contributed by atoms with Crippen LogP contribution in [0, 0.1) is 35.5 Å². The molecule has 3 saturated carbocycles. The predicted molar refractivity (Wildman–Crippen MR) is 214 cm³/mol. The molecule has 2 heteroatoms. The summed E-state index contributed by atoms with van der Waals surface area (Å²) < 4.78 is 0. The monoisotopic (exact) mass is 692 g/mol. The van der Waals surface area contributed by atoms with Crippen molar-refractivity contribution in [2.45, 2.75) is 114 Å². The van der Waals surface area contributed by atoms with Crippen molar-refractivity contribution < 1.29 is 10.2 Å². The summed E-state index contributed by atoms with van der Waals surface area (Å²) in [4.78, 5) is 0. The van der Waals surface area contributed by atoms with Crippen molar-refractivity contribution in [3.63, 3.8) is 0 Å². The Balaban J connectivity index is 0.982. The average Bonchev–Trinajstić information content (AvgIpc) is 3.63. The molecule has 0 atom stereocenters. The van der Waals surface area contributed by atoms with Gasteiger partial charge in [-0.1, -0.05) is 148 Å². The Kier molecular flexibility index (Phi) is 9.68. The van der Waals surface area contributed by atoms with Gasteiger partial charge in [0.25, 0.3) is 0 Å². The number of hydrogen-bond acceptors (Lipinski definition) is 2. The lowest BCUT2D eigenvalue weighted by Gasteiger charge is -2.44. The molecule has 52 heavy (non-hydrogen) atoms. The summed E-state index contributed by atoms with van der Waals surface area (Å²) >= 11 is 0. The first-order valence-corrected chi connectivity index (χ1v) is 21.2. The van der Waals surface area contributed by atoms with Crippen molar-refractivity contribution in [1.82, 2.24) is 0 Å². The van der Waals surface area contributed by atoms with Gasteiger partial charge in [-0.15, -0.1) is 0 Å². The van der Waals surface area contributed by atoms with Crippen LogP contribution in [0.15, 0.2) is 97.1 Å². The van der Waals surface area contributed by atoms with Crippen LogP contribution >= 0.6 is 0 Å². The molecule has 0 unspecified atom stereocenters. The predicted octanol–water partition coefficient (Wildman–Crippen LogP) is 11.9. The molecule has 0 saturated heterocycles. The van der Waals surface area contributed by atoms with E-state index in [1.807, 2.05) is 0 Å². The van der Waals surface area contributed by atoms with Crippen LogP contribution in [-0.4, -0.2) is 23.4 Å². The molecule has 0 spiro atoms. The maximum absolute atomic E-state index is 9.91. The minimum absolute atomic E-state index is 0.0966. The Bertz CT molecular complexity index is 1600. The van der Waals surface area contributed by atoms with Crippen molar-refractivity contribution in [3.8, 4) is 22.3 Å². The van der Waals surface area contributed by atoms with E-state index in [2.05, 4.69) is 97.1 Å². The van der Waals surface area contributed by atoms with Crippen LogP contribution in [0.5, 0.6) is 0 Å². The first-order valence-electron chi connectivity index (χ1n) is 21.2. The summed E-state index contributed by atoms with van der Waals surface area (Å²) in [5, 5.41) is 19.8. The third-order valence-electron chi connectivity index (χ3n) is 15.3. The highest BCUT2D eigenvalue weighted by Crippen LogP contribution is 2.60. The zero-order chi connectivity index (χ0) is 35.1. The number of aliphatic hydroxyl groups is 2. The summed E-state index contributed by atoms with van der Waals surface area (Å²) in [5.74, 6) is 3.96. The van der Waals surface area contributed by atoms with Gasteiger partial charge in [0.15, 0.2) is 0 Å². The molecule has 0 amide bonds. The number of hydrogen-bond donors (Lipinski definition) is 2. The zero-order valence-electron chi connectivity index (χ0n) is 31.3. The van der Waals surface area contributed by atoms with Crippen LogP contribution in [0.1, 0.15) is 125 Å². The molecule has 272 valence electrons. The van der Waals surface area contributed by atoms with Gasteiger partial charge in [0.05, 0.1) is 0 Å². The largest absolute Gasteiger partial charge is 0.396 e. The van der Waals surface area contributed by atoms with Gasteiger partial charge in [-0.2, -0.15) is 0 Å². The van der Waals surface area contributed by atoms with Crippen molar-refractivity contribution in [1.29, 1.82) is 0 Å². The van der Waals surface area contributed by atoms with E-state index in [-0.39, 0.29) is 10.8 Å². The van der Waals surface area contributed by atoms with Crippen LogP contribution in [0.4, 0.5) is 0 Å². The highest BCUT2D eigenvalue weighted by molar-refractivity contribution is 5.82. The highest BCUT2D eigenvalue weighted by Gasteiger charge is 2.48. The van der Waals surface area contributed by atoms with E-state index in [0.29, 0.717) is 25.0 Å². The van der Waals surface area contributed by atoms with E-state index in [1.54, 1.807) is 22.3 Å². The van der Waals surface area contributed by atoms with E-state index in [9.17, 15) is 10.2 Å². The minimum Gasteiger partial charge on any atom is -0.396 e. The fourth-order valence-electron chi connectivity index (χ4n) is 12.7. The van der Waals surface area contributed by atoms with E-state index in [0.717, 1.165) is 23.7 Å². The van der Waals surface area contributed by atoms with E-state index in [4.69, 9.17) is 0 Å². The van der Waals surface area contributed by atoms with Gasteiger partial charge in [-0.05, 0) is 131 Å². The van der Waals surface area contributed by atoms with Gasteiger partial charge in [-0.25, -0.2) is 0 Å². The van der Waals surface area contributed by atoms with Crippen LogP contribution in [0.3, 0.4) is 0 Å². The van der Waals surface area contributed by atoms with Gasteiger partial charge in [0.1, 0.15) is 0 Å². The molecule has 4 aromatic rings. The minimum atomic E-state index is 0.0966. The summed E-state index contributed by atoms with van der Waals surface area (Å²) in [5.41, 5.74) is 12.5. The van der Waals surface area contributed by atoms with Crippen molar-refractivity contribution in [2.24, 2.45) is 35.5 Å². The Morgan fingerprint density at radius 1 is 0.327 bits per heavy atom. The maximum Gasteiger partial charge on any atom is 0.0459 e. The Hall–Kier alpha value is -3.20. The van der Waals surface area contributed by atoms with Crippen LogP contribution in [-0.2, 0) is 10.8 Å². The van der Waals surface area contributed by atoms with E-state index in [1.165, 1.54) is 125 Å². The lowest BCUT2D eigenvalue weighted by Crippen LogP contribution is -2.35. The second kappa shape index (κ2) is 14.6. The molecule has 0 radical (unpaired) electrons. The fourth-order valence-corrected chi connectivity index (χ4v) is 12.7. The number of benzene rings is 4. The first-order chi connectivity index (χ1) is 25.6. The van der Waals surface area contributed by atoms with E-state index < -0.39 is 0 Å². The molecule has 2 N–H and O–H groups in total. The summed E-state index contributed by atoms with van der Waals surface area (Å²) in [7, 11) is 0. The Morgan fingerprint density at radius 3 is 0.769 bits per heavy atom. The molecule has 2 nitrogen and oxygen atoms in total. The van der Waals surface area contributed by atoms with E-state index >= 15 is 0 Å². The molecule has 9 rings (SSSR count). The van der Waals surface area contributed by atoms with Gasteiger partial charge >= 0.3 is 0 Å². The van der Waals surface area contributed by atoms with Gasteiger partial charge in [0.2, 0.25) is 0 Å². The highest BCUT2D eigenvalue weighted by atomic mass is 16.3. The SMILES string of the molecule is OCC1CCC(CC2(CC3CCC(CC4(CC5CCC(CO)CC5)c5ccccc5-c5ccccc54)CC3)c3ccccc3-c3ccccc32)CC1. The lowest BCUT2D eigenvalue weighted by atomic mass is 9.60. The molecule has 4 aromatic carbocycles. The third-order valence-corrected chi connectivity index (χ3v) is 15.3. The quantitative estimate of drug-likeness (QED) is 0.174. The molecule has 0 heterocycles. The summed E-state index contributed by atoms with van der Waals surface area (Å²) in [6, 6.07) is 37.7. The summed E-state index contributed by atoms with van der Waals surface area (Å²) in [6.07, 6.45) is 20.2. The van der Waals surface area contributed by atoms with Gasteiger partial charge in [-0.3, -0.25) is 0 Å². The van der Waals surface area contributed by atoms with Gasteiger partial charge < -0.3 is 10.2 Å². The van der Waals surface area contributed by atoms with Gasteiger partial charge in [0, 0.05) is 24.0 Å². The first kappa shape index (κ1) is 34.6. The number of fused-ring (bicyclic) bond motifs is 6. The fraction of sp³-hybridized carbons (Fsp3) is 0.520. The standard InChI is InChI=1S/C50H60O2/c51-33-39-25-21-37(22-26-39)31-49(45-13-5-1-9-41(45)42-10-2-6-14-46(42)49)29-35-17-19-36(20-18-35)30-50(32-38-23-27-40(34-52)28-24-38)47-15-7-3-11-43(47)44-12-4-8-16-48(44)50/h1-16,35-40,51-52H,17-34H2. The third kappa shape index (κ3) is 6.11. The molecular weight excluding hydrogens is 633 g/mol. The zero-order valence-corrected chi connectivity index (χ0v) is 31.3. The van der Waals surface area contributed by atoms with Crippen molar-refractivity contribution in [3.05, 3.63) is 119 Å². The molecule has 0 bridgehead atoms. The Labute approximate surface area is 313 Å². The van der Waals surface area contributed by atoms with Crippen molar-refractivity contribution in [2.75, 3.05) is 13.2 Å². The maximum atomic E-state index is 9.91.